The van der Waals surface area contributed by atoms with Crippen molar-refractivity contribution in [3.63, 3.8) is 0 Å². The maximum Gasteiger partial charge on any atom is 0.251 e. The Morgan fingerprint density at radius 2 is 1.64 bits per heavy atom. The summed E-state index contributed by atoms with van der Waals surface area (Å²) >= 11 is 5.87. The molecule has 0 radical (unpaired) electrons. The minimum Gasteiger partial charge on any atom is -0.349 e. The molecule has 1 fully saturated rings. The van der Waals surface area contributed by atoms with E-state index in [0.717, 1.165) is 18.4 Å². The molecule has 1 aliphatic heterocycles. The highest BCUT2D eigenvalue weighted by Gasteiger charge is 2.24. The van der Waals surface area contributed by atoms with Gasteiger partial charge < -0.3 is 10.2 Å². The lowest BCUT2D eigenvalue weighted by Gasteiger charge is -2.32. The molecule has 0 aromatic heterocycles. The largest absolute Gasteiger partial charge is 0.349 e. The van der Waals surface area contributed by atoms with Crippen molar-refractivity contribution < 1.29 is 9.59 Å². The van der Waals surface area contributed by atoms with Crippen LogP contribution in [-0.2, 0) is 11.2 Å². The molecule has 1 N–H and O–H groups in total. The third-order valence-electron chi connectivity index (χ3n) is 4.49. The molecular formula is C20H21ClN2O2. The second-order valence-corrected chi connectivity index (χ2v) is 6.73. The lowest BCUT2D eigenvalue weighted by Crippen LogP contribution is -2.46. The number of rotatable bonds is 4. The molecule has 4 nitrogen and oxygen atoms in total. The number of likely N-dealkylation sites (tertiary alicyclic amines) is 1. The van der Waals surface area contributed by atoms with E-state index in [1.54, 1.807) is 24.3 Å². The molecule has 3 rings (SSSR count). The van der Waals surface area contributed by atoms with E-state index in [1.165, 1.54) is 0 Å². The van der Waals surface area contributed by atoms with Gasteiger partial charge in [0.05, 0.1) is 6.42 Å². The van der Waals surface area contributed by atoms with Crippen molar-refractivity contribution in [2.24, 2.45) is 0 Å². The zero-order chi connectivity index (χ0) is 17.6. The number of nitrogens with one attached hydrogen (secondary N) is 1. The molecule has 130 valence electrons. The van der Waals surface area contributed by atoms with Gasteiger partial charge in [0.2, 0.25) is 5.91 Å². The molecule has 0 bridgehead atoms. The minimum atomic E-state index is -0.0495. The summed E-state index contributed by atoms with van der Waals surface area (Å²) in [5, 5.41) is 3.73. The molecule has 5 heteroatoms. The molecule has 1 aliphatic rings. The van der Waals surface area contributed by atoms with Gasteiger partial charge >= 0.3 is 0 Å². The van der Waals surface area contributed by atoms with E-state index in [9.17, 15) is 9.59 Å². The molecule has 0 atom stereocenters. The Labute approximate surface area is 152 Å². The van der Waals surface area contributed by atoms with Crippen molar-refractivity contribution in [2.75, 3.05) is 13.1 Å². The highest BCUT2D eigenvalue weighted by molar-refractivity contribution is 6.30. The van der Waals surface area contributed by atoms with Crippen LogP contribution in [0, 0.1) is 0 Å². The predicted octanol–water partition coefficient (Wildman–Crippen LogP) is 3.30. The maximum absolute atomic E-state index is 12.4. The summed E-state index contributed by atoms with van der Waals surface area (Å²) in [4.78, 5) is 26.5. The van der Waals surface area contributed by atoms with Crippen LogP contribution in [0.2, 0.25) is 5.02 Å². The minimum absolute atomic E-state index is 0.0495. The van der Waals surface area contributed by atoms with E-state index in [2.05, 4.69) is 5.32 Å². The van der Waals surface area contributed by atoms with Crippen molar-refractivity contribution in [3.05, 3.63) is 70.7 Å². The van der Waals surface area contributed by atoms with Crippen LogP contribution in [0.4, 0.5) is 0 Å². The molecular weight excluding hydrogens is 336 g/mol. The second-order valence-electron chi connectivity index (χ2n) is 6.30. The number of carbonyl (C=O) groups is 2. The molecule has 2 aromatic rings. The summed E-state index contributed by atoms with van der Waals surface area (Å²) in [6.07, 6.45) is 1.95. The fourth-order valence-electron chi connectivity index (χ4n) is 3.02. The van der Waals surface area contributed by atoms with Gasteiger partial charge in [-0.1, -0.05) is 41.9 Å². The summed E-state index contributed by atoms with van der Waals surface area (Å²) in [5.41, 5.74) is 1.64. The average molecular weight is 357 g/mol. The fraction of sp³-hybridized carbons (Fsp3) is 0.300. The zero-order valence-corrected chi connectivity index (χ0v) is 14.7. The van der Waals surface area contributed by atoms with E-state index in [1.807, 2.05) is 35.2 Å². The van der Waals surface area contributed by atoms with E-state index >= 15 is 0 Å². The maximum atomic E-state index is 12.4. The zero-order valence-electron chi connectivity index (χ0n) is 14.0. The molecule has 1 saturated heterocycles. The summed E-state index contributed by atoms with van der Waals surface area (Å²) in [6, 6.07) is 16.7. The highest BCUT2D eigenvalue weighted by Crippen LogP contribution is 2.15. The van der Waals surface area contributed by atoms with Crippen LogP contribution in [0.5, 0.6) is 0 Å². The van der Waals surface area contributed by atoms with Gasteiger partial charge in [-0.2, -0.15) is 0 Å². The standard InChI is InChI=1S/C20H21ClN2O2/c21-17-8-6-15(7-9-17)14-19(24)23-12-10-18(11-13-23)22-20(25)16-4-2-1-3-5-16/h1-9,18H,10-14H2,(H,22,25). The topological polar surface area (TPSA) is 49.4 Å². The number of hydrogen-bond donors (Lipinski definition) is 1. The Morgan fingerprint density at radius 1 is 1.00 bits per heavy atom. The number of hydrogen-bond acceptors (Lipinski definition) is 2. The van der Waals surface area contributed by atoms with E-state index in [0.29, 0.717) is 30.1 Å². The van der Waals surface area contributed by atoms with Gasteiger partial charge in [-0.05, 0) is 42.7 Å². The molecule has 0 aliphatic carbocycles. The van der Waals surface area contributed by atoms with E-state index in [4.69, 9.17) is 11.6 Å². The first kappa shape index (κ1) is 17.5. The monoisotopic (exact) mass is 356 g/mol. The summed E-state index contributed by atoms with van der Waals surface area (Å²) in [6.45, 7) is 1.35. The van der Waals surface area contributed by atoms with Gasteiger partial charge in [0.1, 0.15) is 0 Å². The summed E-state index contributed by atoms with van der Waals surface area (Å²) in [7, 11) is 0. The van der Waals surface area contributed by atoms with Gasteiger partial charge in [-0.25, -0.2) is 0 Å². The molecule has 2 amide bonds. The Balaban J connectivity index is 1.47. The van der Waals surface area contributed by atoms with Crippen molar-refractivity contribution in [3.8, 4) is 0 Å². The van der Waals surface area contributed by atoms with Gasteiger partial charge in [-0.3, -0.25) is 9.59 Å². The summed E-state index contributed by atoms with van der Waals surface area (Å²) < 4.78 is 0. The van der Waals surface area contributed by atoms with Crippen LogP contribution in [0.3, 0.4) is 0 Å². The Morgan fingerprint density at radius 3 is 2.28 bits per heavy atom. The first-order valence-electron chi connectivity index (χ1n) is 8.50. The SMILES string of the molecule is O=C(NC1CCN(C(=O)Cc2ccc(Cl)cc2)CC1)c1ccccc1. The molecule has 0 spiro atoms. The smallest absolute Gasteiger partial charge is 0.251 e. The van der Waals surface area contributed by atoms with E-state index in [-0.39, 0.29) is 17.9 Å². The van der Waals surface area contributed by atoms with Crippen LogP contribution in [0.1, 0.15) is 28.8 Å². The first-order chi connectivity index (χ1) is 12.1. The highest BCUT2D eigenvalue weighted by atomic mass is 35.5. The van der Waals surface area contributed by atoms with Crippen LogP contribution in [0.25, 0.3) is 0 Å². The lowest BCUT2D eigenvalue weighted by atomic mass is 10.0. The van der Waals surface area contributed by atoms with Crippen molar-refractivity contribution >= 4 is 23.4 Å². The quantitative estimate of drug-likeness (QED) is 0.913. The number of piperidine rings is 1. The molecule has 25 heavy (non-hydrogen) atoms. The Bertz CT molecular complexity index is 723. The van der Waals surface area contributed by atoms with Crippen LogP contribution < -0.4 is 5.32 Å². The van der Waals surface area contributed by atoms with Crippen molar-refractivity contribution in [2.45, 2.75) is 25.3 Å². The first-order valence-corrected chi connectivity index (χ1v) is 8.88. The number of carbonyl (C=O) groups excluding carboxylic acids is 2. The van der Waals surface area contributed by atoms with Crippen molar-refractivity contribution in [1.82, 2.24) is 10.2 Å². The molecule has 1 heterocycles. The Hall–Kier alpha value is -2.33. The van der Waals surface area contributed by atoms with Gasteiger partial charge in [0.25, 0.3) is 5.91 Å². The Kier molecular flexibility index (Phi) is 5.71. The number of halogens is 1. The number of benzene rings is 2. The molecule has 0 unspecified atom stereocenters. The van der Waals surface area contributed by atoms with Gasteiger partial charge in [0.15, 0.2) is 0 Å². The van der Waals surface area contributed by atoms with Crippen LogP contribution in [-0.4, -0.2) is 35.8 Å². The van der Waals surface area contributed by atoms with Crippen LogP contribution in [0.15, 0.2) is 54.6 Å². The molecule has 0 saturated carbocycles. The number of nitrogens with zero attached hydrogens (tertiary/aromatic N) is 1. The average Bonchev–Trinajstić information content (AvgIpc) is 2.65. The third-order valence-corrected chi connectivity index (χ3v) is 4.74. The van der Waals surface area contributed by atoms with E-state index < -0.39 is 0 Å². The predicted molar refractivity (Wildman–Crippen MR) is 98.7 cm³/mol. The van der Waals surface area contributed by atoms with Crippen molar-refractivity contribution in [1.29, 1.82) is 0 Å². The van der Waals surface area contributed by atoms with Gasteiger partial charge in [-0.15, -0.1) is 0 Å². The molecule has 2 aromatic carbocycles. The normalized spacial score (nSPS) is 15.0. The fourth-order valence-corrected chi connectivity index (χ4v) is 3.15. The summed E-state index contributed by atoms with van der Waals surface area (Å²) in [5.74, 6) is 0.0710. The van der Waals surface area contributed by atoms with Gasteiger partial charge in [0, 0.05) is 29.7 Å². The lowest BCUT2D eigenvalue weighted by molar-refractivity contribution is -0.131. The van der Waals surface area contributed by atoms with Crippen LogP contribution >= 0.6 is 11.6 Å². The second kappa shape index (κ2) is 8.17. The third kappa shape index (κ3) is 4.83. The number of amides is 2.